The lowest BCUT2D eigenvalue weighted by molar-refractivity contribution is 0.0600. The van der Waals surface area contributed by atoms with E-state index in [1.54, 1.807) is 41.3 Å². The molecule has 1 aliphatic rings. The minimum Gasteiger partial charge on any atom is -0.465 e. The molecule has 6 nitrogen and oxygen atoms in total. The number of rotatable bonds is 4. The maximum Gasteiger partial charge on any atom is 0.337 e. The molecule has 0 aromatic heterocycles. The van der Waals surface area contributed by atoms with E-state index in [2.05, 4.69) is 10.1 Å². The number of carbonyl (C=O) groups excluding carboxylic acids is 3. The normalized spacial score (nSPS) is 13.3. The number of carbonyl (C=O) groups is 3. The number of methoxy groups -OCH3 is 1. The Balaban J connectivity index is 1.77. The summed E-state index contributed by atoms with van der Waals surface area (Å²) in [4.78, 5) is 38.4. The highest BCUT2D eigenvalue weighted by molar-refractivity contribution is 6.09. The van der Waals surface area contributed by atoms with Gasteiger partial charge < -0.3 is 15.0 Å². The topological polar surface area (TPSA) is 75.7 Å². The maximum absolute atomic E-state index is 12.7. The van der Waals surface area contributed by atoms with E-state index >= 15 is 0 Å². The molecule has 0 spiro atoms. The van der Waals surface area contributed by atoms with E-state index in [1.165, 1.54) is 19.2 Å². The molecule has 2 amide bonds. The standard InChI is InChI=1S/C20H20N2O4/c1-26-20(25)15-10-8-14(9-11-15)18(23)21-17-7-3-2-6-16(17)19(24)22-12-4-5-13-22/h2-3,6-11H,4-5,12-13H2,1H3,(H,21,23). The largest absolute Gasteiger partial charge is 0.465 e. The number of hydrogen-bond donors (Lipinski definition) is 1. The van der Waals surface area contributed by atoms with Crippen LogP contribution in [0.4, 0.5) is 5.69 Å². The third-order valence-corrected chi connectivity index (χ3v) is 4.37. The minimum atomic E-state index is -0.460. The van der Waals surface area contributed by atoms with E-state index in [4.69, 9.17) is 0 Å². The van der Waals surface area contributed by atoms with Crippen LogP contribution in [-0.2, 0) is 4.74 Å². The number of esters is 1. The maximum atomic E-state index is 12.7. The zero-order valence-electron chi connectivity index (χ0n) is 14.5. The van der Waals surface area contributed by atoms with Crippen molar-refractivity contribution in [1.29, 1.82) is 0 Å². The van der Waals surface area contributed by atoms with Crippen LogP contribution in [0, 0.1) is 0 Å². The Morgan fingerprint density at radius 3 is 2.19 bits per heavy atom. The van der Waals surface area contributed by atoms with Crippen molar-refractivity contribution < 1.29 is 19.1 Å². The number of nitrogens with one attached hydrogen (secondary N) is 1. The van der Waals surface area contributed by atoms with Crippen LogP contribution in [0.15, 0.2) is 48.5 Å². The molecule has 1 heterocycles. The van der Waals surface area contributed by atoms with Crippen LogP contribution in [0.5, 0.6) is 0 Å². The second-order valence-electron chi connectivity index (χ2n) is 6.07. The second kappa shape index (κ2) is 7.82. The molecule has 6 heteroatoms. The molecule has 26 heavy (non-hydrogen) atoms. The molecule has 1 N–H and O–H groups in total. The van der Waals surface area contributed by atoms with Crippen molar-refractivity contribution in [2.45, 2.75) is 12.8 Å². The smallest absolute Gasteiger partial charge is 0.337 e. The number of nitrogens with zero attached hydrogens (tertiary/aromatic N) is 1. The summed E-state index contributed by atoms with van der Waals surface area (Å²) in [5, 5.41) is 2.79. The molecular weight excluding hydrogens is 332 g/mol. The van der Waals surface area contributed by atoms with E-state index < -0.39 is 5.97 Å². The molecule has 2 aromatic rings. The van der Waals surface area contributed by atoms with Crippen LogP contribution in [0.3, 0.4) is 0 Å². The van der Waals surface area contributed by atoms with Crippen LogP contribution in [-0.4, -0.2) is 42.9 Å². The third kappa shape index (κ3) is 3.74. The second-order valence-corrected chi connectivity index (χ2v) is 6.07. The predicted octanol–water partition coefficient (Wildman–Crippen LogP) is 2.96. The predicted molar refractivity (Wildman–Crippen MR) is 97.3 cm³/mol. The fourth-order valence-electron chi connectivity index (χ4n) is 2.94. The lowest BCUT2D eigenvalue weighted by Crippen LogP contribution is -2.28. The quantitative estimate of drug-likeness (QED) is 0.859. The summed E-state index contributed by atoms with van der Waals surface area (Å²) in [6.45, 7) is 1.49. The van der Waals surface area contributed by atoms with Crippen molar-refractivity contribution in [2.75, 3.05) is 25.5 Å². The molecule has 0 radical (unpaired) electrons. The van der Waals surface area contributed by atoms with Gasteiger partial charge in [0.1, 0.15) is 0 Å². The molecule has 2 aromatic carbocycles. The van der Waals surface area contributed by atoms with Crippen molar-refractivity contribution in [2.24, 2.45) is 0 Å². The average Bonchev–Trinajstić information content (AvgIpc) is 3.22. The Morgan fingerprint density at radius 1 is 0.923 bits per heavy atom. The van der Waals surface area contributed by atoms with Gasteiger partial charge >= 0.3 is 5.97 Å². The highest BCUT2D eigenvalue weighted by Crippen LogP contribution is 2.21. The zero-order chi connectivity index (χ0) is 18.5. The van der Waals surface area contributed by atoms with Gasteiger partial charge in [0, 0.05) is 18.7 Å². The van der Waals surface area contributed by atoms with Crippen LogP contribution in [0.25, 0.3) is 0 Å². The van der Waals surface area contributed by atoms with Crippen molar-refractivity contribution in [1.82, 2.24) is 4.90 Å². The summed E-state index contributed by atoms with van der Waals surface area (Å²) in [6.07, 6.45) is 2.01. The van der Waals surface area contributed by atoms with Crippen LogP contribution >= 0.6 is 0 Å². The number of anilines is 1. The van der Waals surface area contributed by atoms with Gasteiger partial charge in [0.2, 0.25) is 0 Å². The minimum absolute atomic E-state index is 0.0700. The first kappa shape index (κ1) is 17.7. The van der Waals surface area contributed by atoms with E-state index in [1.807, 2.05) is 0 Å². The first-order valence-electron chi connectivity index (χ1n) is 8.48. The van der Waals surface area contributed by atoms with Crippen molar-refractivity contribution in [3.05, 3.63) is 65.2 Å². The fourth-order valence-corrected chi connectivity index (χ4v) is 2.94. The zero-order valence-corrected chi connectivity index (χ0v) is 14.5. The number of benzene rings is 2. The van der Waals surface area contributed by atoms with Crippen LogP contribution in [0.2, 0.25) is 0 Å². The van der Waals surface area contributed by atoms with Crippen LogP contribution in [0.1, 0.15) is 43.9 Å². The summed E-state index contributed by atoms with van der Waals surface area (Å²) in [5.41, 5.74) is 1.72. The Morgan fingerprint density at radius 2 is 1.54 bits per heavy atom. The molecule has 134 valence electrons. The molecule has 0 aliphatic carbocycles. The van der Waals surface area contributed by atoms with Crippen molar-refractivity contribution in [3.8, 4) is 0 Å². The first-order valence-corrected chi connectivity index (χ1v) is 8.48. The van der Waals surface area contributed by atoms with Crippen molar-refractivity contribution in [3.63, 3.8) is 0 Å². The first-order chi connectivity index (χ1) is 12.6. The molecule has 1 aliphatic heterocycles. The summed E-state index contributed by atoms with van der Waals surface area (Å²) in [5.74, 6) is -0.874. The van der Waals surface area contributed by atoms with Gasteiger partial charge in [0.05, 0.1) is 23.9 Å². The van der Waals surface area contributed by atoms with Gasteiger partial charge in [-0.2, -0.15) is 0 Å². The van der Waals surface area contributed by atoms with Gasteiger partial charge in [-0.1, -0.05) is 12.1 Å². The average molecular weight is 352 g/mol. The van der Waals surface area contributed by atoms with Gasteiger partial charge in [0.25, 0.3) is 11.8 Å². The number of hydrogen-bond acceptors (Lipinski definition) is 4. The number of ether oxygens (including phenoxy) is 1. The Labute approximate surface area is 151 Å². The van der Waals surface area contributed by atoms with E-state index in [0.29, 0.717) is 22.4 Å². The van der Waals surface area contributed by atoms with Gasteiger partial charge in [-0.3, -0.25) is 9.59 Å². The van der Waals surface area contributed by atoms with Gasteiger partial charge in [-0.05, 0) is 49.2 Å². The number of likely N-dealkylation sites (tertiary alicyclic amines) is 1. The van der Waals surface area contributed by atoms with Crippen molar-refractivity contribution >= 4 is 23.5 Å². The number of amides is 2. The van der Waals surface area contributed by atoms with E-state index in [9.17, 15) is 14.4 Å². The van der Waals surface area contributed by atoms with Gasteiger partial charge in [-0.15, -0.1) is 0 Å². The van der Waals surface area contributed by atoms with Gasteiger partial charge in [0.15, 0.2) is 0 Å². The highest BCUT2D eigenvalue weighted by atomic mass is 16.5. The van der Waals surface area contributed by atoms with Gasteiger partial charge in [-0.25, -0.2) is 4.79 Å². The van der Waals surface area contributed by atoms with Crippen LogP contribution < -0.4 is 5.32 Å². The Bertz CT molecular complexity index is 824. The van der Waals surface area contributed by atoms with E-state index in [-0.39, 0.29) is 11.8 Å². The molecule has 3 rings (SSSR count). The molecule has 0 atom stereocenters. The molecule has 1 saturated heterocycles. The summed E-state index contributed by atoms with van der Waals surface area (Å²) >= 11 is 0. The summed E-state index contributed by atoms with van der Waals surface area (Å²) in [6, 6.07) is 13.1. The Hall–Kier alpha value is -3.15. The van der Waals surface area contributed by atoms with E-state index in [0.717, 1.165) is 25.9 Å². The monoisotopic (exact) mass is 352 g/mol. The molecule has 0 unspecified atom stereocenters. The lowest BCUT2D eigenvalue weighted by atomic mass is 10.1. The molecule has 0 saturated carbocycles. The lowest BCUT2D eigenvalue weighted by Gasteiger charge is -2.18. The Kier molecular flexibility index (Phi) is 5.31. The summed E-state index contributed by atoms with van der Waals surface area (Å²) < 4.78 is 4.64. The highest BCUT2D eigenvalue weighted by Gasteiger charge is 2.22. The number of para-hydroxylation sites is 1. The summed E-state index contributed by atoms with van der Waals surface area (Å²) in [7, 11) is 1.30. The fraction of sp³-hybridized carbons (Fsp3) is 0.250. The molecular formula is C20H20N2O4. The molecule has 1 fully saturated rings. The molecule has 0 bridgehead atoms. The SMILES string of the molecule is COC(=O)c1ccc(C(=O)Nc2ccccc2C(=O)N2CCCC2)cc1. The third-order valence-electron chi connectivity index (χ3n) is 4.37.